The van der Waals surface area contributed by atoms with Crippen molar-refractivity contribution in [3.8, 4) is 0 Å². The van der Waals surface area contributed by atoms with E-state index in [-0.39, 0.29) is 4.75 Å². The monoisotopic (exact) mass is 258 g/mol. The number of thioether (sulfide) groups is 1. The first-order valence-corrected chi connectivity index (χ1v) is 7.12. The molecule has 0 radical (unpaired) electrons. The van der Waals surface area contributed by atoms with Gasteiger partial charge in [0.15, 0.2) is 0 Å². The molecule has 98 valence electrons. The van der Waals surface area contributed by atoms with Crippen molar-refractivity contribution in [3.05, 3.63) is 5.89 Å². The van der Waals surface area contributed by atoms with Gasteiger partial charge in [0, 0.05) is 11.3 Å². The van der Waals surface area contributed by atoms with Crippen molar-refractivity contribution in [2.24, 2.45) is 0 Å². The molecular weight excluding hydrogens is 236 g/mol. The minimum absolute atomic E-state index is 0.162. The molecule has 0 saturated heterocycles. The van der Waals surface area contributed by atoms with Crippen LogP contribution in [-0.2, 0) is 6.54 Å². The van der Waals surface area contributed by atoms with Gasteiger partial charge in [0.05, 0.1) is 6.54 Å². The second kappa shape index (κ2) is 6.86. The molecule has 0 unspecified atom stereocenters. The fourth-order valence-electron chi connectivity index (χ4n) is 1.13. The van der Waals surface area contributed by atoms with Crippen molar-refractivity contribution in [2.45, 2.75) is 38.5 Å². The van der Waals surface area contributed by atoms with E-state index in [1.807, 2.05) is 0 Å². The van der Waals surface area contributed by atoms with Crippen LogP contribution in [0.1, 0.15) is 33.1 Å². The first kappa shape index (κ1) is 14.3. The van der Waals surface area contributed by atoms with Crippen LogP contribution in [0.5, 0.6) is 0 Å². The predicted molar refractivity (Wildman–Crippen MR) is 72.4 cm³/mol. The maximum absolute atomic E-state index is 5.47. The van der Waals surface area contributed by atoms with E-state index in [9.17, 15) is 0 Å². The van der Waals surface area contributed by atoms with Crippen LogP contribution in [0.2, 0.25) is 0 Å². The zero-order valence-electron chi connectivity index (χ0n) is 11.0. The lowest BCUT2D eigenvalue weighted by Crippen LogP contribution is -2.25. The molecule has 6 heteroatoms. The van der Waals surface area contributed by atoms with Crippen molar-refractivity contribution in [1.82, 2.24) is 15.5 Å². The molecule has 0 atom stereocenters. The highest BCUT2D eigenvalue weighted by atomic mass is 32.2. The smallest absolute Gasteiger partial charge is 0.315 e. The number of anilines is 1. The highest BCUT2D eigenvalue weighted by Gasteiger charge is 2.16. The summed E-state index contributed by atoms with van der Waals surface area (Å²) in [5.74, 6) is 0.628. The van der Waals surface area contributed by atoms with E-state index in [0.29, 0.717) is 18.5 Å². The molecule has 1 heterocycles. The van der Waals surface area contributed by atoms with E-state index in [2.05, 4.69) is 47.9 Å². The molecule has 0 amide bonds. The minimum Gasteiger partial charge on any atom is -0.407 e. The van der Waals surface area contributed by atoms with Crippen LogP contribution in [0.3, 0.4) is 0 Å². The van der Waals surface area contributed by atoms with Crippen LogP contribution in [0.15, 0.2) is 4.42 Å². The van der Waals surface area contributed by atoms with Gasteiger partial charge in [0.25, 0.3) is 0 Å². The molecule has 0 spiro atoms. The minimum atomic E-state index is 0.162. The van der Waals surface area contributed by atoms with Gasteiger partial charge in [0.1, 0.15) is 0 Å². The van der Waals surface area contributed by atoms with Crippen LogP contribution >= 0.6 is 11.8 Å². The lowest BCUT2D eigenvalue weighted by Gasteiger charge is -2.21. The standard InChI is InChI=1S/C11H22N4OS/c1-5-6-12-7-9-14-15-10(16-9)13-8-11(2,3)17-4/h12H,5-8H2,1-4H3,(H,13,15). The number of nitrogens with one attached hydrogen (secondary N) is 2. The van der Waals surface area contributed by atoms with E-state index in [1.165, 1.54) is 0 Å². The fourth-order valence-corrected chi connectivity index (χ4v) is 1.35. The first-order chi connectivity index (χ1) is 8.07. The zero-order valence-corrected chi connectivity index (χ0v) is 11.9. The summed E-state index contributed by atoms with van der Waals surface area (Å²) in [6.07, 6.45) is 3.19. The van der Waals surface area contributed by atoms with Gasteiger partial charge in [-0.1, -0.05) is 12.0 Å². The van der Waals surface area contributed by atoms with Crippen molar-refractivity contribution in [2.75, 3.05) is 24.7 Å². The molecule has 0 saturated carbocycles. The third-order valence-electron chi connectivity index (χ3n) is 2.39. The molecule has 1 aromatic heterocycles. The third kappa shape index (κ3) is 5.41. The van der Waals surface area contributed by atoms with Gasteiger partial charge in [-0.3, -0.25) is 0 Å². The molecule has 1 aromatic rings. The van der Waals surface area contributed by atoms with Crippen molar-refractivity contribution < 1.29 is 4.42 Å². The maximum atomic E-state index is 5.47. The van der Waals surface area contributed by atoms with E-state index in [0.717, 1.165) is 19.5 Å². The average molecular weight is 258 g/mol. The van der Waals surface area contributed by atoms with Gasteiger partial charge in [-0.15, -0.1) is 5.10 Å². The summed E-state index contributed by atoms with van der Waals surface area (Å²) in [7, 11) is 0. The molecule has 0 bridgehead atoms. The Balaban J connectivity index is 2.35. The normalized spacial score (nSPS) is 11.8. The highest BCUT2D eigenvalue weighted by Crippen LogP contribution is 2.21. The molecule has 1 rings (SSSR count). The highest BCUT2D eigenvalue weighted by molar-refractivity contribution is 7.99. The summed E-state index contributed by atoms with van der Waals surface area (Å²) in [4.78, 5) is 0. The summed E-state index contributed by atoms with van der Waals surface area (Å²) >= 11 is 1.81. The van der Waals surface area contributed by atoms with Crippen LogP contribution < -0.4 is 10.6 Å². The Bertz CT molecular complexity index is 327. The Kier molecular flexibility index (Phi) is 5.77. The van der Waals surface area contributed by atoms with Crippen LogP contribution in [0.25, 0.3) is 0 Å². The molecule has 17 heavy (non-hydrogen) atoms. The fraction of sp³-hybridized carbons (Fsp3) is 0.818. The zero-order chi connectivity index (χ0) is 12.7. The van der Waals surface area contributed by atoms with Gasteiger partial charge in [0.2, 0.25) is 5.89 Å². The Morgan fingerprint density at radius 2 is 2.12 bits per heavy atom. The summed E-state index contributed by atoms with van der Waals surface area (Å²) in [6, 6.07) is 0.500. The average Bonchev–Trinajstić information content (AvgIpc) is 2.75. The number of hydrogen-bond donors (Lipinski definition) is 2. The molecule has 0 aliphatic rings. The third-order valence-corrected chi connectivity index (χ3v) is 3.64. The van der Waals surface area contributed by atoms with Crippen molar-refractivity contribution in [3.63, 3.8) is 0 Å². The van der Waals surface area contributed by atoms with Gasteiger partial charge >= 0.3 is 6.01 Å². The van der Waals surface area contributed by atoms with E-state index >= 15 is 0 Å². The Morgan fingerprint density at radius 3 is 2.76 bits per heavy atom. The number of nitrogens with zero attached hydrogens (tertiary/aromatic N) is 2. The van der Waals surface area contributed by atoms with Gasteiger partial charge in [-0.25, -0.2) is 0 Å². The molecule has 0 aliphatic carbocycles. The summed E-state index contributed by atoms with van der Waals surface area (Å²) in [5.41, 5.74) is 0. The van der Waals surface area contributed by atoms with Gasteiger partial charge < -0.3 is 15.1 Å². The Morgan fingerprint density at radius 1 is 1.35 bits per heavy atom. The summed E-state index contributed by atoms with van der Waals surface area (Å²) < 4.78 is 5.63. The number of hydrogen-bond acceptors (Lipinski definition) is 6. The van der Waals surface area contributed by atoms with Crippen molar-refractivity contribution in [1.29, 1.82) is 0 Å². The van der Waals surface area contributed by atoms with Crippen molar-refractivity contribution >= 4 is 17.8 Å². The summed E-state index contributed by atoms with van der Waals surface area (Å²) in [5, 5.41) is 14.3. The number of rotatable bonds is 8. The lowest BCUT2D eigenvalue weighted by molar-refractivity contribution is 0.475. The first-order valence-electron chi connectivity index (χ1n) is 5.89. The molecule has 0 fully saturated rings. The second-order valence-electron chi connectivity index (χ2n) is 4.50. The van der Waals surface area contributed by atoms with E-state index < -0.39 is 0 Å². The largest absolute Gasteiger partial charge is 0.407 e. The Labute approximate surface area is 107 Å². The maximum Gasteiger partial charge on any atom is 0.315 e. The molecule has 0 aliphatic heterocycles. The van der Waals surface area contributed by atoms with Gasteiger partial charge in [-0.05, 0) is 33.1 Å². The quantitative estimate of drug-likeness (QED) is 0.696. The van der Waals surface area contributed by atoms with Gasteiger partial charge in [-0.2, -0.15) is 11.8 Å². The topological polar surface area (TPSA) is 63.0 Å². The van der Waals surface area contributed by atoms with Crippen LogP contribution in [-0.4, -0.2) is 34.3 Å². The molecular formula is C11H22N4OS. The van der Waals surface area contributed by atoms with E-state index in [1.54, 1.807) is 11.8 Å². The van der Waals surface area contributed by atoms with Crippen LogP contribution in [0, 0.1) is 0 Å². The SMILES string of the molecule is CCCNCc1nnc(NCC(C)(C)SC)o1. The molecule has 0 aromatic carbocycles. The molecule has 5 nitrogen and oxygen atoms in total. The predicted octanol–water partition coefficient (Wildman–Crippen LogP) is 2.12. The lowest BCUT2D eigenvalue weighted by atomic mass is 10.2. The van der Waals surface area contributed by atoms with Crippen LogP contribution in [0.4, 0.5) is 6.01 Å². The molecule has 2 N–H and O–H groups in total. The summed E-state index contributed by atoms with van der Waals surface area (Å²) in [6.45, 7) is 8.87. The Hall–Kier alpha value is -0.750. The van der Waals surface area contributed by atoms with E-state index in [4.69, 9.17) is 4.42 Å². The second-order valence-corrected chi connectivity index (χ2v) is 6.01. The number of aromatic nitrogens is 2.